The first kappa shape index (κ1) is 15.7. The summed E-state index contributed by atoms with van der Waals surface area (Å²) in [6.45, 7) is 9.80. The van der Waals surface area contributed by atoms with E-state index in [1.54, 1.807) is 0 Å². The van der Waals surface area contributed by atoms with Crippen molar-refractivity contribution in [2.24, 2.45) is 0 Å². The fourth-order valence-electron chi connectivity index (χ4n) is 3.10. The van der Waals surface area contributed by atoms with Crippen molar-refractivity contribution in [3.63, 3.8) is 0 Å². The maximum absolute atomic E-state index is 12.8. The molecule has 3 rings (SSSR count). The van der Waals surface area contributed by atoms with Crippen LogP contribution in [-0.4, -0.2) is 46.9 Å². The summed E-state index contributed by atoms with van der Waals surface area (Å²) in [5, 5.41) is 0. The quantitative estimate of drug-likeness (QED) is 0.874. The molecule has 1 aliphatic heterocycles. The molecule has 2 aromatic heterocycles. The Bertz CT molecular complexity index is 686. The maximum Gasteiger partial charge on any atom is 0.257 e. The summed E-state index contributed by atoms with van der Waals surface area (Å²) in [6.07, 6.45) is 1.82. The van der Waals surface area contributed by atoms with Gasteiger partial charge in [0, 0.05) is 44.5 Å². The second-order valence-electron chi connectivity index (χ2n) is 6.10. The molecule has 3 heterocycles. The molecule has 23 heavy (non-hydrogen) atoms. The van der Waals surface area contributed by atoms with Gasteiger partial charge in [0.1, 0.15) is 11.5 Å². The zero-order valence-corrected chi connectivity index (χ0v) is 14.0. The number of nitrogens with zero attached hydrogens (tertiary/aromatic N) is 3. The predicted octanol–water partition coefficient (Wildman–Crippen LogP) is 2.56. The van der Waals surface area contributed by atoms with Gasteiger partial charge in [0.2, 0.25) is 0 Å². The molecule has 122 valence electrons. The molecule has 0 bridgehead atoms. The van der Waals surface area contributed by atoms with E-state index < -0.39 is 0 Å². The molecule has 0 atom stereocenters. The molecule has 0 saturated carbocycles. The number of pyridine rings is 1. The Morgan fingerprint density at radius 3 is 2.43 bits per heavy atom. The van der Waals surface area contributed by atoms with Gasteiger partial charge in [-0.05, 0) is 32.9 Å². The van der Waals surface area contributed by atoms with Crippen LogP contribution in [0.5, 0.6) is 0 Å². The van der Waals surface area contributed by atoms with Crippen molar-refractivity contribution in [1.82, 2.24) is 14.8 Å². The maximum atomic E-state index is 12.8. The van der Waals surface area contributed by atoms with Crippen molar-refractivity contribution in [2.45, 2.75) is 27.3 Å². The molecule has 0 radical (unpaired) electrons. The van der Waals surface area contributed by atoms with E-state index in [1.165, 1.54) is 0 Å². The van der Waals surface area contributed by atoms with Gasteiger partial charge >= 0.3 is 0 Å². The number of carbonyl (C=O) groups excluding carboxylic acids is 1. The first-order chi connectivity index (χ1) is 11.1. The third-order valence-corrected chi connectivity index (χ3v) is 4.55. The summed E-state index contributed by atoms with van der Waals surface area (Å²) >= 11 is 0. The normalized spacial score (nSPS) is 15.9. The van der Waals surface area contributed by atoms with Crippen LogP contribution in [0.3, 0.4) is 0 Å². The van der Waals surface area contributed by atoms with E-state index >= 15 is 0 Å². The molecule has 1 aliphatic rings. The number of aryl methyl sites for hydroxylation is 2. The number of aromatic nitrogens is 1. The van der Waals surface area contributed by atoms with Crippen molar-refractivity contribution in [3.8, 4) is 0 Å². The molecule has 5 nitrogen and oxygen atoms in total. The van der Waals surface area contributed by atoms with Crippen LogP contribution in [-0.2, 0) is 6.54 Å². The third-order valence-electron chi connectivity index (χ3n) is 4.55. The zero-order chi connectivity index (χ0) is 16.4. The van der Waals surface area contributed by atoms with Crippen molar-refractivity contribution >= 4 is 5.91 Å². The van der Waals surface area contributed by atoms with E-state index in [2.05, 4.69) is 9.88 Å². The fraction of sp³-hybridized carbons (Fsp3) is 0.444. The molecular formula is C18H23N3O2. The van der Waals surface area contributed by atoms with Crippen molar-refractivity contribution in [2.75, 3.05) is 26.2 Å². The minimum atomic E-state index is 0.0920. The van der Waals surface area contributed by atoms with Crippen LogP contribution >= 0.6 is 0 Å². The van der Waals surface area contributed by atoms with Crippen LogP contribution in [0.25, 0.3) is 0 Å². The monoisotopic (exact) mass is 313 g/mol. The molecule has 2 aromatic rings. The van der Waals surface area contributed by atoms with Gasteiger partial charge in [-0.3, -0.25) is 14.7 Å². The average Bonchev–Trinajstić information content (AvgIpc) is 2.81. The highest BCUT2D eigenvalue weighted by Gasteiger charge is 2.26. The van der Waals surface area contributed by atoms with Crippen molar-refractivity contribution in [1.29, 1.82) is 0 Å². The largest absolute Gasteiger partial charge is 0.466 e. The first-order valence-electron chi connectivity index (χ1n) is 8.04. The topological polar surface area (TPSA) is 49.6 Å². The van der Waals surface area contributed by atoms with E-state index in [4.69, 9.17) is 4.42 Å². The molecule has 1 saturated heterocycles. The number of rotatable bonds is 3. The Labute approximate surface area is 136 Å². The molecule has 5 heteroatoms. The van der Waals surface area contributed by atoms with E-state index in [9.17, 15) is 4.79 Å². The lowest BCUT2D eigenvalue weighted by atomic mass is 10.1. The standard InChI is InChI=1S/C18H23N3O2/c1-13-14(2)23-15(3)17(13)18(22)21-10-8-20(9-11-21)12-16-6-4-5-7-19-16/h4-7H,8-12H2,1-3H3. The fourth-order valence-corrected chi connectivity index (χ4v) is 3.10. The minimum Gasteiger partial charge on any atom is -0.466 e. The Morgan fingerprint density at radius 2 is 1.87 bits per heavy atom. The highest BCUT2D eigenvalue weighted by molar-refractivity contribution is 5.97. The second kappa shape index (κ2) is 6.54. The number of furan rings is 1. The van der Waals surface area contributed by atoms with Gasteiger partial charge in [-0.25, -0.2) is 0 Å². The molecule has 0 aliphatic carbocycles. The van der Waals surface area contributed by atoms with Gasteiger partial charge in [-0.15, -0.1) is 0 Å². The Kier molecular flexibility index (Phi) is 4.48. The lowest BCUT2D eigenvalue weighted by Gasteiger charge is -2.34. The molecular weight excluding hydrogens is 290 g/mol. The highest BCUT2D eigenvalue weighted by atomic mass is 16.3. The number of amides is 1. The van der Waals surface area contributed by atoms with Crippen molar-refractivity contribution in [3.05, 3.63) is 52.7 Å². The van der Waals surface area contributed by atoms with E-state index in [0.29, 0.717) is 0 Å². The summed E-state index contributed by atoms with van der Waals surface area (Å²) < 4.78 is 5.59. The highest BCUT2D eigenvalue weighted by Crippen LogP contribution is 2.23. The van der Waals surface area contributed by atoms with Crippen LogP contribution in [0.4, 0.5) is 0 Å². The predicted molar refractivity (Wildman–Crippen MR) is 88.3 cm³/mol. The first-order valence-corrected chi connectivity index (χ1v) is 8.04. The summed E-state index contributed by atoms with van der Waals surface area (Å²) in [7, 11) is 0. The van der Waals surface area contributed by atoms with Crippen LogP contribution < -0.4 is 0 Å². The molecule has 0 spiro atoms. The Hall–Kier alpha value is -2.14. The van der Waals surface area contributed by atoms with Gasteiger partial charge in [0.15, 0.2) is 0 Å². The SMILES string of the molecule is Cc1oc(C)c(C(=O)N2CCN(Cc3ccccn3)CC2)c1C. The van der Waals surface area contributed by atoms with Crippen LogP contribution in [0.15, 0.2) is 28.8 Å². The van der Waals surface area contributed by atoms with Crippen molar-refractivity contribution < 1.29 is 9.21 Å². The smallest absolute Gasteiger partial charge is 0.257 e. The van der Waals surface area contributed by atoms with Crippen LogP contribution in [0.2, 0.25) is 0 Å². The second-order valence-corrected chi connectivity index (χ2v) is 6.10. The lowest BCUT2D eigenvalue weighted by molar-refractivity contribution is 0.0624. The molecule has 1 amide bonds. The zero-order valence-electron chi connectivity index (χ0n) is 14.0. The van der Waals surface area contributed by atoms with E-state index in [1.807, 2.05) is 50.1 Å². The summed E-state index contributed by atoms with van der Waals surface area (Å²) in [5.41, 5.74) is 2.77. The summed E-state index contributed by atoms with van der Waals surface area (Å²) in [6, 6.07) is 5.98. The summed E-state index contributed by atoms with van der Waals surface area (Å²) in [4.78, 5) is 21.4. The van der Waals surface area contributed by atoms with E-state index in [0.717, 1.165) is 61.1 Å². The van der Waals surface area contributed by atoms with Gasteiger partial charge < -0.3 is 9.32 Å². The molecule has 0 aromatic carbocycles. The number of piperazine rings is 1. The third kappa shape index (κ3) is 3.29. The van der Waals surface area contributed by atoms with Gasteiger partial charge in [-0.1, -0.05) is 6.07 Å². The average molecular weight is 313 g/mol. The van der Waals surface area contributed by atoms with Gasteiger partial charge in [-0.2, -0.15) is 0 Å². The van der Waals surface area contributed by atoms with Gasteiger partial charge in [0.05, 0.1) is 11.3 Å². The van der Waals surface area contributed by atoms with E-state index in [-0.39, 0.29) is 5.91 Å². The number of hydrogen-bond donors (Lipinski definition) is 0. The molecule has 0 unspecified atom stereocenters. The molecule has 0 N–H and O–H groups in total. The summed E-state index contributed by atoms with van der Waals surface area (Å²) in [5.74, 6) is 1.65. The lowest BCUT2D eigenvalue weighted by Crippen LogP contribution is -2.48. The van der Waals surface area contributed by atoms with Crippen LogP contribution in [0, 0.1) is 20.8 Å². The van der Waals surface area contributed by atoms with Crippen LogP contribution in [0.1, 0.15) is 33.1 Å². The number of carbonyl (C=O) groups is 1. The minimum absolute atomic E-state index is 0.0920. The Balaban J connectivity index is 1.61. The number of hydrogen-bond acceptors (Lipinski definition) is 4. The molecule has 1 fully saturated rings. The van der Waals surface area contributed by atoms with Gasteiger partial charge in [0.25, 0.3) is 5.91 Å². The Morgan fingerprint density at radius 1 is 1.13 bits per heavy atom.